The summed E-state index contributed by atoms with van der Waals surface area (Å²) >= 11 is 0. The number of nitriles is 1. The Balaban J connectivity index is 1.98. The van der Waals surface area contributed by atoms with Crippen molar-refractivity contribution in [3.05, 3.63) is 41.0 Å². The van der Waals surface area contributed by atoms with Gasteiger partial charge in [0.15, 0.2) is 11.5 Å². The molecule has 0 radical (unpaired) electrons. The molecule has 0 unspecified atom stereocenters. The van der Waals surface area contributed by atoms with E-state index in [1.54, 1.807) is 21.3 Å². The van der Waals surface area contributed by atoms with Crippen molar-refractivity contribution in [1.29, 1.82) is 5.26 Å². The fraction of sp³-hybridized carbons (Fsp3) is 0.350. The molecule has 6 heteroatoms. The first-order valence-corrected chi connectivity index (χ1v) is 8.48. The number of nitrogen functional groups attached to an aromatic ring is 1. The second-order valence-corrected chi connectivity index (χ2v) is 6.20. The van der Waals surface area contributed by atoms with E-state index < -0.39 is 0 Å². The second-order valence-electron chi connectivity index (χ2n) is 6.20. The lowest BCUT2D eigenvalue weighted by atomic mass is 9.95. The van der Waals surface area contributed by atoms with Crippen molar-refractivity contribution >= 4 is 11.4 Å². The van der Waals surface area contributed by atoms with Gasteiger partial charge in [0, 0.05) is 24.5 Å². The molecule has 0 atom stereocenters. The number of nitrogens with zero attached hydrogens (tertiary/aromatic N) is 2. The van der Waals surface area contributed by atoms with Crippen LogP contribution in [0.5, 0.6) is 17.2 Å². The van der Waals surface area contributed by atoms with Gasteiger partial charge in [-0.2, -0.15) is 5.26 Å². The maximum Gasteiger partial charge on any atom is 0.203 e. The molecule has 0 aromatic heterocycles. The molecule has 3 rings (SSSR count). The topological polar surface area (TPSA) is 80.7 Å². The summed E-state index contributed by atoms with van der Waals surface area (Å²) in [5, 5.41) is 9.45. The predicted octanol–water partition coefficient (Wildman–Crippen LogP) is 3.12. The van der Waals surface area contributed by atoms with Crippen LogP contribution >= 0.6 is 0 Å². The smallest absolute Gasteiger partial charge is 0.203 e. The number of benzene rings is 2. The maximum atomic E-state index is 9.45. The average molecular weight is 353 g/mol. The van der Waals surface area contributed by atoms with Gasteiger partial charge in [-0.1, -0.05) is 0 Å². The standard InChI is InChI=1S/C20H23N3O3/c1-24-18-9-13(10-19(25-2)20(18)26-3)12-23-8-4-5-14-15(11-21)16(22)6-7-17(14)23/h6-7,9-10H,4-5,8,12,22H2,1-3H3. The van der Waals surface area contributed by atoms with E-state index in [9.17, 15) is 5.26 Å². The minimum atomic E-state index is 0.542. The van der Waals surface area contributed by atoms with Gasteiger partial charge in [-0.05, 0) is 48.2 Å². The molecule has 2 aromatic rings. The molecule has 0 saturated heterocycles. The summed E-state index contributed by atoms with van der Waals surface area (Å²) < 4.78 is 16.3. The lowest BCUT2D eigenvalue weighted by molar-refractivity contribution is 0.323. The third kappa shape index (κ3) is 3.08. The molecule has 6 nitrogen and oxygen atoms in total. The molecule has 1 heterocycles. The monoisotopic (exact) mass is 353 g/mol. The third-order valence-corrected chi connectivity index (χ3v) is 4.73. The van der Waals surface area contributed by atoms with Crippen LogP contribution in [-0.4, -0.2) is 27.9 Å². The van der Waals surface area contributed by atoms with Crippen molar-refractivity contribution < 1.29 is 14.2 Å². The fourth-order valence-electron chi connectivity index (χ4n) is 3.51. The third-order valence-electron chi connectivity index (χ3n) is 4.73. The largest absolute Gasteiger partial charge is 0.493 e. The van der Waals surface area contributed by atoms with Crippen LogP contribution in [0.1, 0.15) is 23.1 Å². The molecular weight excluding hydrogens is 330 g/mol. The van der Waals surface area contributed by atoms with Gasteiger partial charge in [-0.15, -0.1) is 0 Å². The van der Waals surface area contributed by atoms with Crippen LogP contribution < -0.4 is 24.8 Å². The van der Waals surface area contributed by atoms with Crippen molar-refractivity contribution in [2.24, 2.45) is 0 Å². The lowest BCUT2D eigenvalue weighted by Gasteiger charge is -2.32. The predicted molar refractivity (Wildman–Crippen MR) is 101 cm³/mol. The zero-order valence-electron chi connectivity index (χ0n) is 15.3. The Bertz CT molecular complexity index is 833. The highest BCUT2D eigenvalue weighted by atomic mass is 16.5. The van der Waals surface area contributed by atoms with Crippen molar-refractivity contribution in [1.82, 2.24) is 0 Å². The van der Waals surface area contributed by atoms with E-state index in [-0.39, 0.29) is 0 Å². The van der Waals surface area contributed by atoms with Gasteiger partial charge in [0.2, 0.25) is 5.75 Å². The van der Waals surface area contributed by atoms with Crippen LogP contribution in [0.15, 0.2) is 24.3 Å². The van der Waals surface area contributed by atoms with Crippen LogP contribution in [0, 0.1) is 11.3 Å². The molecule has 0 amide bonds. The molecule has 1 aliphatic rings. The average Bonchev–Trinajstić information content (AvgIpc) is 2.67. The first kappa shape index (κ1) is 17.7. The van der Waals surface area contributed by atoms with Crippen molar-refractivity contribution in [3.8, 4) is 23.3 Å². The van der Waals surface area contributed by atoms with Crippen LogP contribution in [-0.2, 0) is 13.0 Å². The Morgan fingerprint density at radius 1 is 1.12 bits per heavy atom. The Morgan fingerprint density at radius 3 is 2.38 bits per heavy atom. The van der Waals surface area contributed by atoms with E-state index in [4.69, 9.17) is 19.9 Å². The fourth-order valence-corrected chi connectivity index (χ4v) is 3.51. The summed E-state index contributed by atoms with van der Waals surface area (Å²) in [6, 6.07) is 9.98. The van der Waals surface area contributed by atoms with Gasteiger partial charge < -0.3 is 24.8 Å². The van der Waals surface area contributed by atoms with E-state index >= 15 is 0 Å². The minimum absolute atomic E-state index is 0.542. The molecule has 0 bridgehead atoms. The highest BCUT2D eigenvalue weighted by Crippen LogP contribution is 2.39. The zero-order chi connectivity index (χ0) is 18.7. The molecule has 2 N–H and O–H groups in total. The number of methoxy groups -OCH3 is 3. The van der Waals surface area contributed by atoms with Gasteiger partial charge in [-0.3, -0.25) is 0 Å². The molecule has 0 fully saturated rings. The van der Waals surface area contributed by atoms with Crippen molar-refractivity contribution in [2.45, 2.75) is 19.4 Å². The highest BCUT2D eigenvalue weighted by molar-refractivity contribution is 5.70. The molecule has 1 aliphatic heterocycles. The maximum absolute atomic E-state index is 9.45. The van der Waals surface area contributed by atoms with Gasteiger partial charge >= 0.3 is 0 Å². The number of anilines is 2. The van der Waals surface area contributed by atoms with Crippen LogP contribution in [0.3, 0.4) is 0 Å². The van der Waals surface area contributed by atoms with E-state index in [1.807, 2.05) is 24.3 Å². The number of ether oxygens (including phenoxy) is 3. The Labute approximate surface area is 153 Å². The second kappa shape index (κ2) is 7.44. The molecule has 136 valence electrons. The number of nitrogens with two attached hydrogens (primary N) is 1. The number of rotatable bonds is 5. The molecular formula is C20H23N3O3. The summed E-state index contributed by atoms with van der Waals surface area (Å²) in [5.74, 6) is 1.85. The summed E-state index contributed by atoms with van der Waals surface area (Å²) in [6.07, 6.45) is 1.85. The highest BCUT2D eigenvalue weighted by Gasteiger charge is 2.22. The first-order chi connectivity index (χ1) is 12.6. The Morgan fingerprint density at radius 2 is 1.81 bits per heavy atom. The molecule has 2 aromatic carbocycles. The summed E-state index contributed by atoms with van der Waals surface area (Å²) in [6.45, 7) is 1.59. The summed E-state index contributed by atoms with van der Waals surface area (Å²) in [4.78, 5) is 2.26. The summed E-state index contributed by atoms with van der Waals surface area (Å²) in [5.41, 5.74) is 10.3. The van der Waals surface area contributed by atoms with E-state index in [2.05, 4.69) is 11.0 Å². The molecule has 26 heavy (non-hydrogen) atoms. The number of fused-ring (bicyclic) bond motifs is 1. The van der Waals surface area contributed by atoms with Crippen molar-refractivity contribution in [3.63, 3.8) is 0 Å². The SMILES string of the molecule is COc1cc(CN2CCCc3c2ccc(N)c3C#N)cc(OC)c1OC. The Kier molecular flexibility index (Phi) is 5.08. The quantitative estimate of drug-likeness (QED) is 0.832. The normalized spacial score (nSPS) is 12.9. The molecule has 0 saturated carbocycles. The minimum Gasteiger partial charge on any atom is -0.493 e. The Hall–Kier alpha value is -3.07. The van der Waals surface area contributed by atoms with E-state index in [1.165, 1.54) is 0 Å². The van der Waals surface area contributed by atoms with Crippen LogP contribution in [0.2, 0.25) is 0 Å². The number of hydrogen-bond acceptors (Lipinski definition) is 6. The lowest BCUT2D eigenvalue weighted by Crippen LogP contribution is -2.29. The van der Waals surface area contributed by atoms with Gasteiger partial charge in [-0.25, -0.2) is 0 Å². The summed E-state index contributed by atoms with van der Waals surface area (Å²) in [7, 11) is 4.81. The van der Waals surface area contributed by atoms with Crippen molar-refractivity contribution in [2.75, 3.05) is 38.5 Å². The van der Waals surface area contributed by atoms with E-state index in [0.717, 1.165) is 36.2 Å². The van der Waals surface area contributed by atoms with Gasteiger partial charge in [0.1, 0.15) is 6.07 Å². The molecule has 0 aliphatic carbocycles. The van der Waals surface area contributed by atoms with Crippen LogP contribution in [0.25, 0.3) is 0 Å². The van der Waals surface area contributed by atoms with Crippen LogP contribution in [0.4, 0.5) is 11.4 Å². The van der Waals surface area contributed by atoms with E-state index in [0.29, 0.717) is 35.0 Å². The zero-order valence-corrected chi connectivity index (χ0v) is 15.3. The number of hydrogen-bond donors (Lipinski definition) is 1. The van der Waals surface area contributed by atoms with Gasteiger partial charge in [0.25, 0.3) is 0 Å². The molecule has 0 spiro atoms. The van der Waals surface area contributed by atoms with Gasteiger partial charge in [0.05, 0.1) is 26.9 Å². The first-order valence-electron chi connectivity index (χ1n) is 8.48.